The summed E-state index contributed by atoms with van der Waals surface area (Å²) in [6, 6.07) is 0. The maximum Gasteiger partial charge on any atom is 0.0523 e. The molecule has 0 spiro atoms. The summed E-state index contributed by atoms with van der Waals surface area (Å²) in [4.78, 5) is 19.3. The molecule has 0 saturated carbocycles. The molecule has 0 atom stereocenters. The summed E-state index contributed by atoms with van der Waals surface area (Å²) in [7, 11) is 0. The van der Waals surface area contributed by atoms with Crippen molar-refractivity contribution in [1.82, 2.24) is 10.0 Å². The van der Waals surface area contributed by atoms with Crippen LogP contribution >= 0.6 is 0 Å². The molecule has 0 aromatic rings. The third-order valence-electron chi connectivity index (χ3n) is 1.69. The Bertz CT molecular complexity index is 119. The third kappa shape index (κ3) is 8.89. The van der Waals surface area contributed by atoms with Gasteiger partial charge in [-0.15, -0.1) is 9.81 Å². The monoisotopic (exact) mass is 204 g/mol. The van der Waals surface area contributed by atoms with E-state index >= 15 is 0 Å². The zero-order chi connectivity index (χ0) is 11.4. The number of nitroso groups, excluding NO2 is 2. The van der Waals surface area contributed by atoms with Gasteiger partial charge < -0.3 is 0 Å². The van der Waals surface area contributed by atoms with Crippen LogP contribution in [0.25, 0.3) is 0 Å². The van der Waals surface area contributed by atoms with E-state index in [-0.39, 0.29) is 0 Å². The molecule has 0 aromatic carbocycles. The Labute approximate surface area is 85.1 Å². The van der Waals surface area contributed by atoms with Crippen LogP contribution in [0.5, 0.6) is 0 Å². The molecule has 6 heteroatoms. The Morgan fingerprint density at radius 2 is 0.929 bits per heavy atom. The van der Waals surface area contributed by atoms with Crippen LogP contribution in [0.2, 0.25) is 0 Å². The van der Waals surface area contributed by atoms with Gasteiger partial charge in [-0.05, 0) is 27.7 Å². The first-order chi connectivity index (χ1) is 6.69. The smallest absolute Gasteiger partial charge is 0.0523 e. The van der Waals surface area contributed by atoms with Crippen LogP contribution in [0.4, 0.5) is 0 Å². The highest BCUT2D eigenvalue weighted by molar-refractivity contribution is 4.38. The second-order valence-electron chi connectivity index (χ2n) is 2.44. The Morgan fingerprint density at radius 3 is 0.929 bits per heavy atom. The van der Waals surface area contributed by atoms with Gasteiger partial charge in [0.1, 0.15) is 0 Å². The van der Waals surface area contributed by atoms with Crippen LogP contribution in [0.3, 0.4) is 0 Å². The summed E-state index contributed by atoms with van der Waals surface area (Å²) in [5, 5.41) is 8.31. The summed E-state index contributed by atoms with van der Waals surface area (Å²) in [6.07, 6.45) is 0. The molecule has 0 aliphatic rings. The van der Waals surface area contributed by atoms with Crippen molar-refractivity contribution < 1.29 is 0 Å². The lowest BCUT2D eigenvalue weighted by molar-refractivity contribution is 0.317. The van der Waals surface area contributed by atoms with Crippen LogP contribution in [0.1, 0.15) is 27.7 Å². The lowest BCUT2D eigenvalue weighted by Crippen LogP contribution is -2.14. The minimum Gasteiger partial charge on any atom is -0.261 e. The van der Waals surface area contributed by atoms with Gasteiger partial charge in [0.25, 0.3) is 0 Å². The summed E-state index contributed by atoms with van der Waals surface area (Å²) in [5.41, 5.74) is 0. The molecular formula is C8H20N4O2. The van der Waals surface area contributed by atoms with Crippen molar-refractivity contribution in [3.05, 3.63) is 9.81 Å². The van der Waals surface area contributed by atoms with E-state index in [9.17, 15) is 9.81 Å². The molecule has 0 saturated heterocycles. The van der Waals surface area contributed by atoms with Gasteiger partial charge in [0, 0.05) is 26.2 Å². The molecule has 0 aromatic heterocycles. The summed E-state index contributed by atoms with van der Waals surface area (Å²) in [5.74, 6) is 0. The molecule has 0 N–H and O–H groups in total. The van der Waals surface area contributed by atoms with Gasteiger partial charge >= 0.3 is 0 Å². The number of nitrogens with zero attached hydrogens (tertiary/aromatic N) is 4. The zero-order valence-corrected chi connectivity index (χ0v) is 9.43. The van der Waals surface area contributed by atoms with Crippen molar-refractivity contribution in [1.29, 1.82) is 0 Å². The molecule has 0 amide bonds. The highest BCUT2D eigenvalue weighted by Crippen LogP contribution is 1.83. The van der Waals surface area contributed by atoms with Gasteiger partial charge in [-0.25, -0.2) is 0 Å². The van der Waals surface area contributed by atoms with Crippen molar-refractivity contribution in [2.24, 2.45) is 10.6 Å². The topological polar surface area (TPSA) is 65.3 Å². The van der Waals surface area contributed by atoms with E-state index in [1.165, 1.54) is 10.0 Å². The Morgan fingerprint density at radius 1 is 0.714 bits per heavy atom. The van der Waals surface area contributed by atoms with Crippen molar-refractivity contribution in [2.45, 2.75) is 27.7 Å². The van der Waals surface area contributed by atoms with Crippen molar-refractivity contribution in [3.8, 4) is 0 Å². The fourth-order valence-electron chi connectivity index (χ4n) is 0.678. The predicted molar refractivity (Wildman–Crippen MR) is 57.4 cm³/mol. The van der Waals surface area contributed by atoms with E-state index in [1.54, 1.807) is 0 Å². The fraction of sp³-hybridized carbons (Fsp3) is 1.00. The molecule has 84 valence electrons. The highest BCUT2D eigenvalue weighted by atomic mass is 16.3. The molecule has 0 rings (SSSR count). The van der Waals surface area contributed by atoms with Crippen LogP contribution in [-0.2, 0) is 0 Å². The summed E-state index contributed by atoms with van der Waals surface area (Å²) in [6.45, 7) is 10.4. The Balaban J connectivity index is 0. The first kappa shape index (κ1) is 15.3. The molecule has 0 fully saturated rings. The average Bonchev–Trinajstić information content (AvgIpc) is 2.24. The molecule has 0 heterocycles. The molecule has 14 heavy (non-hydrogen) atoms. The molecule has 0 bridgehead atoms. The number of hydrogen-bond donors (Lipinski definition) is 0. The Hall–Kier alpha value is -1.20. The van der Waals surface area contributed by atoms with Crippen molar-refractivity contribution in [3.63, 3.8) is 0 Å². The maximum absolute atomic E-state index is 9.64. The van der Waals surface area contributed by atoms with E-state index in [1.807, 2.05) is 27.7 Å². The van der Waals surface area contributed by atoms with E-state index in [0.29, 0.717) is 26.2 Å². The first-order valence-electron chi connectivity index (χ1n) is 4.86. The molecular weight excluding hydrogens is 184 g/mol. The fourth-order valence-corrected chi connectivity index (χ4v) is 0.678. The van der Waals surface area contributed by atoms with Crippen molar-refractivity contribution >= 4 is 0 Å². The largest absolute Gasteiger partial charge is 0.261 e. The lowest BCUT2D eigenvalue weighted by Gasteiger charge is -2.06. The minimum absolute atomic E-state index is 0.708. The normalized spacial score (nSPS) is 8.29. The number of rotatable bonds is 6. The standard InChI is InChI=1S/2C4H10N2O/c2*1-3-6(4-2)5-7/h2*3-4H2,1-2H3. The lowest BCUT2D eigenvalue weighted by atomic mass is 10.6. The van der Waals surface area contributed by atoms with Gasteiger partial charge in [0.05, 0.1) is 10.6 Å². The van der Waals surface area contributed by atoms with Crippen LogP contribution in [-0.4, -0.2) is 36.2 Å². The van der Waals surface area contributed by atoms with E-state index < -0.39 is 0 Å². The molecule has 0 unspecified atom stereocenters. The maximum atomic E-state index is 9.64. The number of hydrogen-bond acceptors (Lipinski definition) is 4. The van der Waals surface area contributed by atoms with Crippen LogP contribution in [0.15, 0.2) is 10.6 Å². The van der Waals surface area contributed by atoms with E-state index in [2.05, 4.69) is 10.6 Å². The van der Waals surface area contributed by atoms with Crippen molar-refractivity contribution in [2.75, 3.05) is 26.2 Å². The predicted octanol–water partition coefficient (Wildman–Crippen LogP) is 2.02. The summed E-state index contributed by atoms with van der Waals surface area (Å²) >= 11 is 0. The molecule has 6 nitrogen and oxygen atoms in total. The minimum atomic E-state index is 0.708. The van der Waals surface area contributed by atoms with Gasteiger partial charge in [-0.1, -0.05) is 0 Å². The summed E-state index contributed by atoms with van der Waals surface area (Å²) < 4.78 is 0. The molecule has 0 radical (unpaired) electrons. The molecule has 0 aliphatic heterocycles. The Kier molecular flexibility index (Phi) is 12.9. The second kappa shape index (κ2) is 11.8. The third-order valence-corrected chi connectivity index (χ3v) is 1.69. The first-order valence-corrected chi connectivity index (χ1v) is 4.86. The van der Waals surface area contributed by atoms with Gasteiger partial charge in [-0.2, -0.15) is 0 Å². The quantitative estimate of drug-likeness (QED) is 0.490. The average molecular weight is 204 g/mol. The van der Waals surface area contributed by atoms with Gasteiger partial charge in [-0.3, -0.25) is 10.0 Å². The molecule has 0 aliphatic carbocycles. The van der Waals surface area contributed by atoms with E-state index in [4.69, 9.17) is 0 Å². The second-order valence-corrected chi connectivity index (χ2v) is 2.44. The van der Waals surface area contributed by atoms with Crippen LogP contribution in [0, 0.1) is 9.81 Å². The zero-order valence-electron chi connectivity index (χ0n) is 9.43. The van der Waals surface area contributed by atoms with E-state index in [0.717, 1.165) is 0 Å². The van der Waals surface area contributed by atoms with Gasteiger partial charge in [0.15, 0.2) is 0 Å². The van der Waals surface area contributed by atoms with Gasteiger partial charge in [0.2, 0.25) is 0 Å². The highest BCUT2D eigenvalue weighted by Gasteiger charge is 1.89. The SMILES string of the molecule is CCN(CC)N=O.CCN(CC)N=O. The van der Waals surface area contributed by atoms with Crippen LogP contribution < -0.4 is 0 Å².